The van der Waals surface area contributed by atoms with E-state index in [1.165, 1.54) is 16.7 Å². The fraction of sp³-hybridized carbons (Fsp3) is 0.333. The minimum atomic E-state index is 0.311. The van der Waals surface area contributed by atoms with Gasteiger partial charge in [-0.1, -0.05) is 61.5 Å². The molecule has 0 radical (unpaired) electrons. The van der Waals surface area contributed by atoms with Crippen LogP contribution in [0.1, 0.15) is 35.6 Å². The fourth-order valence-corrected chi connectivity index (χ4v) is 2.77. The maximum absolute atomic E-state index is 5.68. The first-order chi connectivity index (χ1) is 9.84. The van der Waals surface area contributed by atoms with Crippen LogP contribution in [-0.2, 0) is 11.3 Å². The molecule has 104 valence electrons. The van der Waals surface area contributed by atoms with E-state index < -0.39 is 0 Å². The van der Waals surface area contributed by atoms with Gasteiger partial charge in [0.15, 0.2) is 0 Å². The Kier molecular flexibility index (Phi) is 4.14. The molecule has 2 atom stereocenters. The molecule has 0 aromatic heterocycles. The Morgan fingerprint density at radius 2 is 1.85 bits per heavy atom. The lowest BCUT2D eigenvalue weighted by atomic mass is 9.97. The van der Waals surface area contributed by atoms with Crippen molar-refractivity contribution in [2.75, 3.05) is 13.2 Å². The van der Waals surface area contributed by atoms with E-state index in [1.807, 2.05) is 0 Å². The van der Waals surface area contributed by atoms with E-state index in [1.54, 1.807) is 0 Å². The molecule has 2 aromatic rings. The topological polar surface area (TPSA) is 21.3 Å². The summed E-state index contributed by atoms with van der Waals surface area (Å²) < 4.78 is 5.68. The van der Waals surface area contributed by atoms with Crippen molar-refractivity contribution in [1.29, 1.82) is 0 Å². The normalized spacial score (nSPS) is 19.4. The summed E-state index contributed by atoms with van der Waals surface area (Å²) in [5.74, 6) is 0.505. The highest BCUT2D eigenvalue weighted by atomic mass is 16.5. The van der Waals surface area contributed by atoms with Crippen LogP contribution in [0, 0.1) is 0 Å². The molecule has 20 heavy (non-hydrogen) atoms. The van der Waals surface area contributed by atoms with Gasteiger partial charge in [-0.25, -0.2) is 0 Å². The van der Waals surface area contributed by atoms with Crippen LogP contribution in [0.25, 0.3) is 0 Å². The number of hydrogen-bond donors (Lipinski definition) is 1. The van der Waals surface area contributed by atoms with Crippen molar-refractivity contribution in [3.63, 3.8) is 0 Å². The minimum absolute atomic E-state index is 0.311. The zero-order chi connectivity index (χ0) is 13.8. The van der Waals surface area contributed by atoms with Gasteiger partial charge in [0.25, 0.3) is 0 Å². The lowest BCUT2D eigenvalue weighted by molar-refractivity contribution is 0.0818. The lowest BCUT2D eigenvalue weighted by Crippen LogP contribution is -2.32. The Morgan fingerprint density at radius 3 is 2.70 bits per heavy atom. The Balaban J connectivity index is 1.65. The number of ether oxygens (including phenoxy) is 1. The van der Waals surface area contributed by atoms with Gasteiger partial charge in [-0.3, -0.25) is 0 Å². The van der Waals surface area contributed by atoms with E-state index >= 15 is 0 Å². The summed E-state index contributed by atoms with van der Waals surface area (Å²) in [5.41, 5.74) is 4.08. The van der Waals surface area contributed by atoms with Gasteiger partial charge < -0.3 is 10.1 Å². The molecule has 0 spiro atoms. The zero-order valence-corrected chi connectivity index (χ0v) is 11.9. The Labute approximate surface area is 120 Å². The van der Waals surface area contributed by atoms with Crippen LogP contribution in [-0.4, -0.2) is 13.2 Å². The quantitative estimate of drug-likeness (QED) is 0.913. The fourth-order valence-electron chi connectivity index (χ4n) is 2.77. The number of nitrogens with one attached hydrogen (secondary N) is 1. The van der Waals surface area contributed by atoms with Crippen LogP contribution in [0.4, 0.5) is 0 Å². The second-order valence-electron chi connectivity index (χ2n) is 5.49. The van der Waals surface area contributed by atoms with E-state index in [4.69, 9.17) is 4.74 Å². The Morgan fingerprint density at radius 1 is 1.10 bits per heavy atom. The summed E-state index contributed by atoms with van der Waals surface area (Å²) in [7, 11) is 0. The zero-order valence-electron chi connectivity index (χ0n) is 11.9. The molecule has 0 fully saturated rings. The molecular weight excluding hydrogens is 246 g/mol. The number of rotatable bonds is 4. The van der Waals surface area contributed by atoms with Gasteiger partial charge in [-0.2, -0.15) is 0 Å². The maximum Gasteiger partial charge on any atom is 0.0721 e. The van der Waals surface area contributed by atoms with Gasteiger partial charge in [-0.15, -0.1) is 0 Å². The number of benzene rings is 2. The van der Waals surface area contributed by atoms with Crippen molar-refractivity contribution in [2.24, 2.45) is 0 Å². The molecule has 1 aliphatic heterocycles. The van der Waals surface area contributed by atoms with Crippen molar-refractivity contribution >= 4 is 0 Å². The van der Waals surface area contributed by atoms with Gasteiger partial charge in [0.1, 0.15) is 0 Å². The molecule has 2 nitrogen and oxygen atoms in total. The van der Waals surface area contributed by atoms with E-state index in [9.17, 15) is 0 Å². The summed E-state index contributed by atoms with van der Waals surface area (Å²) in [4.78, 5) is 0. The second kappa shape index (κ2) is 6.21. The second-order valence-corrected chi connectivity index (χ2v) is 5.49. The Bertz CT molecular complexity index is 552. The third-order valence-corrected chi connectivity index (χ3v) is 4.01. The molecule has 1 heterocycles. The molecule has 1 aliphatic rings. The number of fused-ring (bicyclic) bond motifs is 1. The molecule has 0 amide bonds. The van der Waals surface area contributed by atoms with Gasteiger partial charge in [-0.05, 0) is 22.6 Å². The van der Waals surface area contributed by atoms with Crippen LogP contribution in [0.3, 0.4) is 0 Å². The lowest BCUT2D eigenvalue weighted by Gasteiger charge is -2.27. The SMILES string of the molecule is CC(CNC1COCc2ccccc21)c1ccccc1. The summed E-state index contributed by atoms with van der Waals surface area (Å²) in [6, 6.07) is 19.5. The third kappa shape index (κ3) is 2.92. The predicted octanol–water partition coefficient (Wildman–Crippen LogP) is 3.65. The molecule has 2 heteroatoms. The summed E-state index contributed by atoms with van der Waals surface area (Å²) in [6.07, 6.45) is 0. The molecule has 1 N–H and O–H groups in total. The molecule has 2 unspecified atom stereocenters. The highest BCUT2D eigenvalue weighted by Crippen LogP contribution is 2.25. The first-order valence-electron chi connectivity index (χ1n) is 7.28. The molecular formula is C18H21NO. The van der Waals surface area contributed by atoms with Crippen LogP contribution >= 0.6 is 0 Å². The van der Waals surface area contributed by atoms with Crippen LogP contribution in [0.5, 0.6) is 0 Å². The average molecular weight is 267 g/mol. The van der Waals surface area contributed by atoms with Gasteiger partial charge in [0, 0.05) is 6.54 Å². The summed E-state index contributed by atoms with van der Waals surface area (Å²) in [6.45, 7) is 4.73. The van der Waals surface area contributed by atoms with E-state index in [2.05, 4.69) is 66.8 Å². The van der Waals surface area contributed by atoms with E-state index in [-0.39, 0.29) is 0 Å². The molecule has 0 bridgehead atoms. The summed E-state index contributed by atoms with van der Waals surface area (Å²) >= 11 is 0. The van der Waals surface area contributed by atoms with Gasteiger partial charge in [0.2, 0.25) is 0 Å². The Hall–Kier alpha value is -1.64. The molecule has 3 rings (SSSR count). The van der Waals surface area contributed by atoms with E-state index in [0.717, 1.165) is 19.8 Å². The smallest absolute Gasteiger partial charge is 0.0721 e. The maximum atomic E-state index is 5.68. The molecule has 0 aliphatic carbocycles. The highest BCUT2D eigenvalue weighted by Gasteiger charge is 2.20. The van der Waals surface area contributed by atoms with Crippen molar-refractivity contribution in [1.82, 2.24) is 5.32 Å². The van der Waals surface area contributed by atoms with Crippen LogP contribution < -0.4 is 5.32 Å². The number of hydrogen-bond acceptors (Lipinski definition) is 2. The molecule has 2 aromatic carbocycles. The van der Waals surface area contributed by atoms with Crippen molar-refractivity contribution in [3.05, 3.63) is 71.3 Å². The molecule has 0 saturated heterocycles. The van der Waals surface area contributed by atoms with Crippen LogP contribution in [0.2, 0.25) is 0 Å². The monoisotopic (exact) mass is 267 g/mol. The third-order valence-electron chi connectivity index (χ3n) is 4.01. The minimum Gasteiger partial charge on any atom is -0.375 e. The summed E-state index contributed by atoms with van der Waals surface area (Å²) in [5, 5.41) is 3.65. The van der Waals surface area contributed by atoms with E-state index in [0.29, 0.717) is 12.0 Å². The predicted molar refractivity (Wildman–Crippen MR) is 81.7 cm³/mol. The largest absolute Gasteiger partial charge is 0.375 e. The molecule has 0 saturated carbocycles. The first-order valence-corrected chi connectivity index (χ1v) is 7.28. The van der Waals surface area contributed by atoms with Crippen molar-refractivity contribution in [3.8, 4) is 0 Å². The average Bonchev–Trinajstić information content (AvgIpc) is 2.53. The standard InChI is InChI=1S/C18H21NO/c1-14(15-7-3-2-4-8-15)11-19-18-13-20-12-16-9-5-6-10-17(16)18/h2-10,14,18-19H,11-13H2,1H3. The first kappa shape index (κ1) is 13.3. The van der Waals surface area contributed by atoms with Crippen LogP contribution in [0.15, 0.2) is 54.6 Å². The highest BCUT2D eigenvalue weighted by molar-refractivity contribution is 5.31. The van der Waals surface area contributed by atoms with Crippen molar-refractivity contribution in [2.45, 2.75) is 25.5 Å². The van der Waals surface area contributed by atoms with Gasteiger partial charge >= 0.3 is 0 Å². The van der Waals surface area contributed by atoms with Gasteiger partial charge in [0.05, 0.1) is 19.3 Å². The van der Waals surface area contributed by atoms with Crippen molar-refractivity contribution < 1.29 is 4.74 Å².